The lowest BCUT2D eigenvalue weighted by atomic mass is 10.1. The molecule has 0 bridgehead atoms. The fourth-order valence-electron chi connectivity index (χ4n) is 1.66. The van der Waals surface area contributed by atoms with Crippen molar-refractivity contribution in [2.24, 2.45) is 5.73 Å². The molecule has 2 nitrogen and oxygen atoms in total. The Balaban J connectivity index is 2.23. The van der Waals surface area contributed by atoms with Crippen molar-refractivity contribution in [3.63, 3.8) is 0 Å². The van der Waals surface area contributed by atoms with Crippen LogP contribution in [0, 0.1) is 5.82 Å². The quantitative estimate of drug-likeness (QED) is 0.913. The topological polar surface area (TPSA) is 35.2 Å². The Morgan fingerprint density at radius 3 is 2.67 bits per heavy atom. The van der Waals surface area contributed by atoms with Crippen molar-refractivity contribution in [1.82, 2.24) is 0 Å². The van der Waals surface area contributed by atoms with Crippen LogP contribution in [0.2, 0.25) is 5.02 Å². The predicted molar refractivity (Wildman–Crippen MR) is 70.7 cm³/mol. The summed E-state index contributed by atoms with van der Waals surface area (Å²) in [6.45, 7) is 0.472. The number of ether oxygens (including phenoxy) is 1. The number of benzene rings is 2. The first kappa shape index (κ1) is 12.9. The van der Waals surface area contributed by atoms with Gasteiger partial charge in [-0.25, -0.2) is 4.39 Å². The molecule has 0 fully saturated rings. The number of hydrogen-bond donors (Lipinski definition) is 1. The Kier molecular flexibility index (Phi) is 4.18. The molecule has 0 amide bonds. The molecule has 0 spiro atoms. The van der Waals surface area contributed by atoms with Gasteiger partial charge >= 0.3 is 0 Å². The highest BCUT2D eigenvalue weighted by Gasteiger charge is 2.03. The third-order valence-electron chi connectivity index (χ3n) is 2.40. The minimum Gasteiger partial charge on any atom is -0.457 e. The molecule has 2 N–H and O–H groups in total. The van der Waals surface area contributed by atoms with Crippen LogP contribution >= 0.6 is 11.6 Å². The molecular weight excluding hydrogens is 253 g/mol. The summed E-state index contributed by atoms with van der Waals surface area (Å²) < 4.78 is 18.9. The number of nitrogens with two attached hydrogens (primary N) is 1. The molecule has 0 saturated heterocycles. The van der Waals surface area contributed by atoms with Crippen molar-refractivity contribution in [3.8, 4) is 11.5 Å². The summed E-state index contributed by atoms with van der Waals surface area (Å²) in [5.74, 6) is 0.686. The molecule has 0 heterocycles. The molecule has 2 rings (SSSR count). The van der Waals surface area contributed by atoms with Crippen molar-refractivity contribution in [1.29, 1.82) is 0 Å². The SMILES string of the molecule is NCCc1cc(F)cc(Oc2cccc(Cl)c2)c1. The summed E-state index contributed by atoms with van der Waals surface area (Å²) in [6.07, 6.45) is 0.615. The lowest BCUT2D eigenvalue weighted by Gasteiger charge is -2.08. The average molecular weight is 266 g/mol. The van der Waals surface area contributed by atoms with E-state index in [4.69, 9.17) is 22.1 Å². The van der Waals surface area contributed by atoms with E-state index in [1.165, 1.54) is 12.1 Å². The molecule has 2 aromatic rings. The van der Waals surface area contributed by atoms with Crippen molar-refractivity contribution < 1.29 is 9.13 Å². The van der Waals surface area contributed by atoms with E-state index in [2.05, 4.69) is 0 Å². The first-order valence-electron chi connectivity index (χ1n) is 5.60. The summed E-state index contributed by atoms with van der Waals surface area (Å²) >= 11 is 5.85. The number of halogens is 2. The Hall–Kier alpha value is -1.58. The lowest BCUT2D eigenvalue weighted by molar-refractivity contribution is 0.476. The minimum absolute atomic E-state index is 0.335. The van der Waals surface area contributed by atoms with Gasteiger partial charge in [-0.15, -0.1) is 0 Å². The van der Waals surface area contributed by atoms with Gasteiger partial charge in [-0.05, 0) is 48.9 Å². The van der Waals surface area contributed by atoms with Crippen molar-refractivity contribution in [3.05, 3.63) is 58.9 Å². The van der Waals surface area contributed by atoms with Crippen LogP contribution < -0.4 is 10.5 Å². The van der Waals surface area contributed by atoms with E-state index >= 15 is 0 Å². The molecule has 0 aliphatic heterocycles. The Bertz CT molecular complexity index is 545. The average Bonchev–Trinajstić information content (AvgIpc) is 2.28. The van der Waals surface area contributed by atoms with E-state index < -0.39 is 0 Å². The van der Waals surface area contributed by atoms with Gasteiger partial charge in [0.15, 0.2) is 0 Å². The van der Waals surface area contributed by atoms with E-state index in [9.17, 15) is 4.39 Å². The van der Waals surface area contributed by atoms with Crippen LogP contribution in [0.1, 0.15) is 5.56 Å². The molecule has 0 unspecified atom stereocenters. The van der Waals surface area contributed by atoms with Gasteiger partial charge < -0.3 is 10.5 Å². The van der Waals surface area contributed by atoms with Gasteiger partial charge in [0.1, 0.15) is 17.3 Å². The monoisotopic (exact) mass is 265 g/mol. The third-order valence-corrected chi connectivity index (χ3v) is 2.63. The van der Waals surface area contributed by atoms with Gasteiger partial charge in [-0.1, -0.05) is 17.7 Å². The normalized spacial score (nSPS) is 10.4. The standard InChI is InChI=1S/C14H13ClFNO/c15-11-2-1-3-13(8-11)18-14-7-10(4-5-17)6-12(16)9-14/h1-3,6-9H,4-5,17H2. The predicted octanol–water partition coefficient (Wildman–Crippen LogP) is 3.77. The maximum atomic E-state index is 13.4. The van der Waals surface area contributed by atoms with E-state index in [0.717, 1.165) is 5.56 Å². The largest absolute Gasteiger partial charge is 0.457 e. The van der Waals surface area contributed by atoms with Crippen molar-refractivity contribution in [2.45, 2.75) is 6.42 Å². The molecule has 0 aromatic heterocycles. The van der Waals surface area contributed by atoms with Gasteiger partial charge in [0.2, 0.25) is 0 Å². The summed E-state index contributed by atoms with van der Waals surface area (Å²) in [4.78, 5) is 0. The first-order chi connectivity index (χ1) is 8.67. The maximum absolute atomic E-state index is 13.4. The van der Waals surface area contributed by atoms with Gasteiger partial charge in [-0.3, -0.25) is 0 Å². The summed E-state index contributed by atoms with van der Waals surface area (Å²) in [5.41, 5.74) is 6.27. The van der Waals surface area contributed by atoms with Crippen LogP contribution in [0.4, 0.5) is 4.39 Å². The third kappa shape index (κ3) is 3.45. The number of hydrogen-bond acceptors (Lipinski definition) is 2. The highest BCUT2D eigenvalue weighted by molar-refractivity contribution is 6.30. The maximum Gasteiger partial charge on any atom is 0.130 e. The van der Waals surface area contributed by atoms with E-state index in [0.29, 0.717) is 29.5 Å². The second-order valence-corrected chi connectivity index (χ2v) is 4.33. The fraction of sp³-hybridized carbons (Fsp3) is 0.143. The second-order valence-electron chi connectivity index (χ2n) is 3.89. The molecule has 0 aliphatic carbocycles. The summed E-state index contributed by atoms with van der Waals surface area (Å²) in [6, 6.07) is 11.5. The Morgan fingerprint density at radius 2 is 1.94 bits per heavy atom. The molecule has 18 heavy (non-hydrogen) atoms. The van der Waals surface area contributed by atoms with Crippen LogP contribution in [0.15, 0.2) is 42.5 Å². The van der Waals surface area contributed by atoms with Crippen LogP contribution in [0.3, 0.4) is 0 Å². The molecule has 4 heteroatoms. The van der Waals surface area contributed by atoms with Crippen LogP contribution in [-0.4, -0.2) is 6.54 Å². The van der Waals surface area contributed by atoms with E-state index in [-0.39, 0.29) is 5.82 Å². The summed E-state index contributed by atoms with van der Waals surface area (Å²) in [5, 5.41) is 0.575. The highest BCUT2D eigenvalue weighted by atomic mass is 35.5. The second kappa shape index (κ2) is 5.85. The molecule has 0 atom stereocenters. The molecular formula is C14H13ClFNO. The molecule has 0 saturated carbocycles. The van der Waals surface area contributed by atoms with Crippen LogP contribution in [-0.2, 0) is 6.42 Å². The van der Waals surface area contributed by atoms with Gasteiger partial charge in [0, 0.05) is 11.1 Å². The number of rotatable bonds is 4. The lowest BCUT2D eigenvalue weighted by Crippen LogP contribution is -2.03. The zero-order valence-electron chi connectivity index (χ0n) is 9.70. The zero-order valence-corrected chi connectivity index (χ0v) is 10.5. The van der Waals surface area contributed by atoms with Crippen molar-refractivity contribution >= 4 is 11.6 Å². The van der Waals surface area contributed by atoms with Gasteiger partial charge in [0.25, 0.3) is 0 Å². The molecule has 0 aliphatic rings. The zero-order chi connectivity index (χ0) is 13.0. The van der Waals surface area contributed by atoms with E-state index in [1.807, 2.05) is 0 Å². The molecule has 2 aromatic carbocycles. The van der Waals surface area contributed by atoms with Crippen LogP contribution in [0.5, 0.6) is 11.5 Å². The minimum atomic E-state index is -0.335. The van der Waals surface area contributed by atoms with E-state index in [1.54, 1.807) is 30.3 Å². The fourth-order valence-corrected chi connectivity index (χ4v) is 1.84. The molecule has 94 valence electrons. The van der Waals surface area contributed by atoms with Gasteiger partial charge in [0.05, 0.1) is 0 Å². The highest BCUT2D eigenvalue weighted by Crippen LogP contribution is 2.25. The first-order valence-corrected chi connectivity index (χ1v) is 5.98. The summed E-state index contributed by atoms with van der Waals surface area (Å²) in [7, 11) is 0. The van der Waals surface area contributed by atoms with Gasteiger partial charge in [-0.2, -0.15) is 0 Å². The van der Waals surface area contributed by atoms with Crippen molar-refractivity contribution in [2.75, 3.05) is 6.54 Å². The smallest absolute Gasteiger partial charge is 0.130 e. The molecule has 0 radical (unpaired) electrons. The Labute approximate surface area is 110 Å². The Morgan fingerprint density at radius 1 is 1.11 bits per heavy atom. The van der Waals surface area contributed by atoms with Crippen LogP contribution in [0.25, 0.3) is 0 Å².